The molecule has 2 amide bonds. The number of piperidine rings is 1. The molecule has 0 atom stereocenters. The largest absolute Gasteiger partial charge is 0.508 e. The van der Waals surface area contributed by atoms with Gasteiger partial charge in [0.1, 0.15) is 5.75 Å². The number of benzene rings is 1. The third-order valence-corrected chi connectivity index (χ3v) is 5.43. The van der Waals surface area contributed by atoms with Gasteiger partial charge < -0.3 is 19.8 Å². The Morgan fingerprint density at radius 2 is 1.86 bits per heavy atom. The number of aromatic nitrogens is 1. The number of phenolic OH excluding ortho intramolecular Hbond substituents is 1. The highest BCUT2D eigenvalue weighted by Crippen LogP contribution is 2.25. The molecule has 7 nitrogen and oxygen atoms in total. The summed E-state index contributed by atoms with van der Waals surface area (Å²) >= 11 is 0. The lowest BCUT2D eigenvalue weighted by Crippen LogP contribution is -2.41. The summed E-state index contributed by atoms with van der Waals surface area (Å²) in [6.07, 6.45) is 3.11. The van der Waals surface area contributed by atoms with Crippen molar-refractivity contribution in [2.45, 2.75) is 45.4 Å². The van der Waals surface area contributed by atoms with E-state index in [1.807, 2.05) is 0 Å². The first-order valence-corrected chi connectivity index (χ1v) is 9.87. The first-order valence-electron chi connectivity index (χ1n) is 9.87. The third-order valence-electron chi connectivity index (χ3n) is 5.43. The molecule has 1 aromatic carbocycles. The number of aromatic hydroxyl groups is 1. The van der Waals surface area contributed by atoms with Gasteiger partial charge in [-0.1, -0.05) is 19.0 Å². The van der Waals surface area contributed by atoms with Crippen molar-refractivity contribution >= 4 is 17.5 Å². The Hall–Kier alpha value is -2.83. The zero-order valence-corrected chi connectivity index (χ0v) is 16.4. The summed E-state index contributed by atoms with van der Waals surface area (Å²) in [7, 11) is 0. The van der Waals surface area contributed by atoms with Gasteiger partial charge in [0.05, 0.1) is 5.69 Å². The number of rotatable bonds is 6. The first-order chi connectivity index (χ1) is 13.5. The van der Waals surface area contributed by atoms with Crippen LogP contribution < -0.4 is 5.32 Å². The maximum atomic E-state index is 12.7. The van der Waals surface area contributed by atoms with Crippen LogP contribution in [0.5, 0.6) is 5.75 Å². The molecule has 1 aliphatic rings. The van der Waals surface area contributed by atoms with E-state index in [4.69, 9.17) is 4.52 Å². The van der Waals surface area contributed by atoms with Crippen molar-refractivity contribution in [1.29, 1.82) is 0 Å². The smallest absolute Gasteiger partial charge is 0.292 e. The van der Waals surface area contributed by atoms with Crippen molar-refractivity contribution in [3.8, 4) is 5.75 Å². The predicted molar refractivity (Wildman–Crippen MR) is 105 cm³/mol. The lowest BCUT2D eigenvalue weighted by atomic mass is 9.95. The van der Waals surface area contributed by atoms with Crippen LogP contribution in [-0.2, 0) is 4.79 Å². The van der Waals surface area contributed by atoms with Crippen molar-refractivity contribution < 1.29 is 19.2 Å². The van der Waals surface area contributed by atoms with Gasteiger partial charge in [-0.3, -0.25) is 9.59 Å². The van der Waals surface area contributed by atoms with E-state index in [2.05, 4.69) is 24.3 Å². The second kappa shape index (κ2) is 8.91. The predicted octanol–water partition coefficient (Wildman–Crippen LogP) is 3.77. The van der Waals surface area contributed by atoms with E-state index in [-0.39, 0.29) is 29.2 Å². The summed E-state index contributed by atoms with van der Waals surface area (Å²) in [4.78, 5) is 26.8. The minimum atomic E-state index is -0.165. The van der Waals surface area contributed by atoms with Gasteiger partial charge in [0, 0.05) is 36.7 Å². The molecular formula is C21H27N3O4. The topological polar surface area (TPSA) is 95.7 Å². The number of phenols is 1. The monoisotopic (exact) mass is 385 g/mol. The van der Waals surface area contributed by atoms with Crippen LogP contribution in [0.1, 0.15) is 61.7 Å². The second-order valence-electron chi connectivity index (χ2n) is 7.23. The number of carbonyl (C=O) groups excluding carboxylic acids is 2. The lowest BCUT2D eigenvalue weighted by molar-refractivity contribution is -0.121. The maximum Gasteiger partial charge on any atom is 0.292 e. The number of anilines is 1. The molecule has 0 spiro atoms. The SMILES string of the molecule is CCC(CC)c1cc(C(=O)N2CCC(C(=O)Nc3ccc(O)cc3)CC2)on1. The van der Waals surface area contributed by atoms with E-state index in [0.29, 0.717) is 37.5 Å². The number of likely N-dealkylation sites (tertiary alicyclic amines) is 1. The van der Waals surface area contributed by atoms with E-state index in [1.54, 1.807) is 23.1 Å². The molecule has 150 valence electrons. The Kier molecular flexibility index (Phi) is 6.34. The molecule has 2 heterocycles. The van der Waals surface area contributed by atoms with Gasteiger partial charge in [-0.2, -0.15) is 0 Å². The van der Waals surface area contributed by atoms with Crippen molar-refractivity contribution in [2.75, 3.05) is 18.4 Å². The van der Waals surface area contributed by atoms with Crippen LogP contribution in [0.15, 0.2) is 34.9 Å². The lowest BCUT2D eigenvalue weighted by Gasteiger charge is -2.30. The normalized spacial score (nSPS) is 15.0. The van der Waals surface area contributed by atoms with Gasteiger partial charge in [0.25, 0.3) is 5.91 Å². The summed E-state index contributed by atoms with van der Waals surface area (Å²) in [5, 5.41) is 16.2. The minimum absolute atomic E-state index is 0.0616. The Labute approximate surface area is 164 Å². The molecule has 7 heteroatoms. The quantitative estimate of drug-likeness (QED) is 0.738. The van der Waals surface area contributed by atoms with Gasteiger partial charge in [-0.05, 0) is 49.9 Å². The van der Waals surface area contributed by atoms with Crippen LogP contribution in [0.3, 0.4) is 0 Å². The highest BCUT2D eigenvalue weighted by molar-refractivity contribution is 5.94. The van der Waals surface area contributed by atoms with E-state index in [0.717, 1.165) is 18.5 Å². The van der Waals surface area contributed by atoms with Crippen LogP contribution in [0.4, 0.5) is 5.69 Å². The van der Waals surface area contributed by atoms with Crippen molar-refractivity contribution in [3.63, 3.8) is 0 Å². The zero-order valence-electron chi connectivity index (χ0n) is 16.4. The molecule has 1 fully saturated rings. The fourth-order valence-electron chi connectivity index (χ4n) is 3.58. The molecule has 1 aliphatic heterocycles. The molecule has 1 saturated heterocycles. The van der Waals surface area contributed by atoms with E-state index < -0.39 is 0 Å². The summed E-state index contributed by atoms with van der Waals surface area (Å²) in [5.41, 5.74) is 1.48. The Morgan fingerprint density at radius 3 is 2.46 bits per heavy atom. The highest BCUT2D eigenvalue weighted by atomic mass is 16.5. The highest BCUT2D eigenvalue weighted by Gasteiger charge is 2.30. The van der Waals surface area contributed by atoms with E-state index in [1.165, 1.54) is 12.1 Å². The molecule has 1 aromatic heterocycles. The molecule has 0 radical (unpaired) electrons. The first kappa shape index (κ1) is 19.9. The number of nitrogens with zero attached hydrogens (tertiary/aromatic N) is 2. The van der Waals surface area contributed by atoms with Gasteiger partial charge in [-0.15, -0.1) is 0 Å². The minimum Gasteiger partial charge on any atom is -0.508 e. The molecule has 0 bridgehead atoms. The molecular weight excluding hydrogens is 358 g/mol. The zero-order chi connectivity index (χ0) is 20.1. The van der Waals surface area contributed by atoms with E-state index in [9.17, 15) is 14.7 Å². The third kappa shape index (κ3) is 4.52. The maximum absolute atomic E-state index is 12.7. The van der Waals surface area contributed by atoms with Crippen molar-refractivity contribution in [3.05, 3.63) is 41.8 Å². The molecule has 2 N–H and O–H groups in total. The standard InChI is InChI=1S/C21H27N3O4/c1-3-14(4-2)18-13-19(28-23-18)21(27)24-11-9-15(10-12-24)20(26)22-16-5-7-17(25)8-6-16/h5-8,13-15,25H,3-4,9-12H2,1-2H3,(H,22,26). The van der Waals surface area contributed by atoms with Crippen LogP contribution >= 0.6 is 0 Å². The molecule has 2 aromatic rings. The average Bonchev–Trinajstić information content (AvgIpc) is 3.20. The van der Waals surface area contributed by atoms with Crippen LogP contribution in [0.25, 0.3) is 0 Å². The number of amides is 2. The van der Waals surface area contributed by atoms with Gasteiger partial charge in [0.2, 0.25) is 11.7 Å². The second-order valence-corrected chi connectivity index (χ2v) is 7.23. The molecule has 0 aliphatic carbocycles. The fraction of sp³-hybridized carbons (Fsp3) is 0.476. The van der Waals surface area contributed by atoms with Gasteiger partial charge >= 0.3 is 0 Å². The average molecular weight is 385 g/mol. The van der Waals surface area contributed by atoms with Gasteiger partial charge in [-0.25, -0.2) is 0 Å². The van der Waals surface area contributed by atoms with Crippen LogP contribution in [0.2, 0.25) is 0 Å². The van der Waals surface area contributed by atoms with E-state index >= 15 is 0 Å². The molecule has 0 unspecified atom stereocenters. The Bertz CT molecular complexity index is 803. The molecule has 3 rings (SSSR count). The summed E-state index contributed by atoms with van der Waals surface area (Å²) in [6.45, 7) is 5.21. The summed E-state index contributed by atoms with van der Waals surface area (Å²) < 4.78 is 5.29. The fourth-order valence-corrected chi connectivity index (χ4v) is 3.58. The number of carbonyl (C=O) groups is 2. The van der Waals surface area contributed by atoms with Crippen molar-refractivity contribution in [1.82, 2.24) is 10.1 Å². The number of nitrogens with one attached hydrogen (secondary N) is 1. The van der Waals surface area contributed by atoms with Crippen LogP contribution in [0, 0.1) is 5.92 Å². The summed E-state index contributed by atoms with van der Waals surface area (Å²) in [5.74, 6) is 0.362. The molecule has 0 saturated carbocycles. The molecule has 28 heavy (non-hydrogen) atoms. The van der Waals surface area contributed by atoms with Crippen LogP contribution in [-0.4, -0.2) is 40.1 Å². The summed E-state index contributed by atoms with van der Waals surface area (Å²) in [6, 6.07) is 8.14. The number of hydrogen-bond acceptors (Lipinski definition) is 5. The van der Waals surface area contributed by atoms with Crippen molar-refractivity contribution in [2.24, 2.45) is 5.92 Å². The Balaban J connectivity index is 1.53. The Morgan fingerprint density at radius 1 is 1.21 bits per heavy atom. The number of hydrogen-bond donors (Lipinski definition) is 2. The van der Waals surface area contributed by atoms with Gasteiger partial charge in [0.15, 0.2) is 0 Å².